The van der Waals surface area contributed by atoms with Gasteiger partial charge in [-0.25, -0.2) is 14.8 Å². The molecule has 8 heteroatoms. The minimum atomic E-state index is -1.07. The Bertz CT molecular complexity index is 1460. The summed E-state index contributed by atoms with van der Waals surface area (Å²) in [4.78, 5) is 21.1. The van der Waals surface area contributed by atoms with Crippen molar-refractivity contribution in [2.24, 2.45) is 11.8 Å². The van der Waals surface area contributed by atoms with Crippen LogP contribution in [-0.4, -0.2) is 37.4 Å². The van der Waals surface area contributed by atoms with Crippen LogP contribution in [0.25, 0.3) is 33.3 Å². The first-order valence-electron chi connectivity index (χ1n) is 12.7. The molecule has 1 N–H and O–H groups in total. The van der Waals surface area contributed by atoms with Gasteiger partial charge in [-0.3, -0.25) is 0 Å². The Morgan fingerprint density at radius 1 is 1.17 bits per heavy atom. The summed E-state index contributed by atoms with van der Waals surface area (Å²) in [6.07, 6.45) is 9.13. The number of hydrogen-bond acceptors (Lipinski definition) is 6. The van der Waals surface area contributed by atoms with Crippen molar-refractivity contribution in [3.63, 3.8) is 0 Å². The van der Waals surface area contributed by atoms with Crippen LogP contribution in [0.3, 0.4) is 0 Å². The Balaban J connectivity index is 1.62. The Kier molecular flexibility index (Phi) is 5.35. The number of carboxylic acids is 1. The maximum Gasteiger partial charge on any atom is 0.354 e. The Morgan fingerprint density at radius 3 is 2.47 bits per heavy atom. The van der Waals surface area contributed by atoms with Gasteiger partial charge in [-0.15, -0.1) is 0 Å². The lowest BCUT2D eigenvalue weighted by Gasteiger charge is -2.19. The largest absolute Gasteiger partial charge is 0.477 e. The third-order valence-electron chi connectivity index (χ3n) is 7.48. The highest BCUT2D eigenvalue weighted by atomic mass is 16.5. The van der Waals surface area contributed by atoms with Gasteiger partial charge < -0.3 is 18.9 Å². The Labute approximate surface area is 209 Å². The highest BCUT2D eigenvalue weighted by Crippen LogP contribution is 2.54. The van der Waals surface area contributed by atoms with Crippen LogP contribution in [-0.2, 0) is 0 Å². The normalized spacial score (nSPS) is 15.7. The van der Waals surface area contributed by atoms with Gasteiger partial charge in [-0.2, -0.15) is 0 Å². The summed E-state index contributed by atoms with van der Waals surface area (Å²) in [7, 11) is 0. The highest BCUT2D eigenvalue weighted by molar-refractivity contribution is 5.99. The average molecular weight is 487 g/mol. The van der Waals surface area contributed by atoms with Crippen molar-refractivity contribution in [1.82, 2.24) is 19.7 Å². The number of carboxylic acid groups (broad SMARTS) is 1. The summed E-state index contributed by atoms with van der Waals surface area (Å²) in [6.45, 7) is 8.03. The summed E-state index contributed by atoms with van der Waals surface area (Å²) in [5, 5.41) is 14.7. The lowest BCUT2D eigenvalue weighted by Crippen LogP contribution is -2.13. The number of aryl methyl sites for hydroxylation is 3. The van der Waals surface area contributed by atoms with E-state index in [2.05, 4.69) is 27.0 Å². The van der Waals surface area contributed by atoms with E-state index in [0.29, 0.717) is 30.4 Å². The van der Waals surface area contributed by atoms with Crippen molar-refractivity contribution in [3.8, 4) is 28.1 Å². The summed E-state index contributed by atoms with van der Waals surface area (Å²) >= 11 is 0. The van der Waals surface area contributed by atoms with E-state index >= 15 is 0 Å². The third-order valence-corrected chi connectivity index (χ3v) is 7.48. The molecular weight excluding hydrogens is 456 g/mol. The number of nitrogens with zero attached hydrogens (tertiary/aromatic N) is 4. The zero-order valence-electron chi connectivity index (χ0n) is 21.0. The summed E-state index contributed by atoms with van der Waals surface area (Å²) in [5.74, 6) is 1.39. The molecule has 0 amide bonds. The molecule has 4 aromatic rings. The Morgan fingerprint density at radius 2 is 1.89 bits per heavy atom. The van der Waals surface area contributed by atoms with Gasteiger partial charge in [-0.05, 0) is 82.9 Å². The van der Waals surface area contributed by atoms with E-state index in [-0.39, 0.29) is 5.69 Å². The van der Waals surface area contributed by atoms with Crippen LogP contribution in [0.2, 0.25) is 0 Å². The standard InChI is InChI=1S/C28H30N4O4/c1-5-35-27-23(14(2)10-22(30-27)28(33)34)21-13-32(25(17-6-7-17)18-8-9-18)26-20(21)11-19(12-29-26)24-15(3)31-36-16(24)4/h10-13,17-18,25H,5-9H2,1-4H3,(H,33,34). The minimum absolute atomic E-state index is 0.0215. The van der Waals surface area contributed by atoms with Crippen molar-refractivity contribution in [1.29, 1.82) is 0 Å². The third kappa shape index (κ3) is 3.75. The molecule has 0 bridgehead atoms. The lowest BCUT2D eigenvalue weighted by molar-refractivity contribution is 0.0689. The molecule has 0 aliphatic heterocycles. The minimum Gasteiger partial charge on any atom is -0.477 e. The molecular formula is C28H30N4O4. The molecule has 0 atom stereocenters. The van der Waals surface area contributed by atoms with E-state index in [4.69, 9.17) is 14.2 Å². The van der Waals surface area contributed by atoms with Gasteiger partial charge in [-0.1, -0.05) is 5.16 Å². The van der Waals surface area contributed by atoms with E-state index in [9.17, 15) is 9.90 Å². The summed E-state index contributed by atoms with van der Waals surface area (Å²) < 4.78 is 13.7. The molecule has 2 fully saturated rings. The molecule has 6 rings (SSSR count). The number of carbonyl (C=O) groups is 1. The predicted molar refractivity (Wildman–Crippen MR) is 135 cm³/mol. The van der Waals surface area contributed by atoms with Crippen molar-refractivity contribution in [3.05, 3.63) is 47.2 Å². The number of pyridine rings is 2. The molecule has 2 aliphatic carbocycles. The molecule has 36 heavy (non-hydrogen) atoms. The second-order valence-electron chi connectivity index (χ2n) is 10.2. The first kappa shape index (κ1) is 22.8. The van der Waals surface area contributed by atoms with Crippen molar-refractivity contribution < 1.29 is 19.2 Å². The second kappa shape index (κ2) is 8.47. The molecule has 0 spiro atoms. The zero-order valence-corrected chi connectivity index (χ0v) is 21.0. The molecule has 4 aromatic heterocycles. The average Bonchev–Trinajstić information content (AvgIpc) is 3.77. The fraction of sp³-hybridized carbons (Fsp3) is 0.429. The molecule has 2 aliphatic rings. The van der Waals surface area contributed by atoms with E-state index < -0.39 is 5.97 Å². The van der Waals surface area contributed by atoms with Crippen LogP contribution >= 0.6 is 0 Å². The molecule has 0 aromatic carbocycles. The first-order valence-corrected chi connectivity index (χ1v) is 12.7. The maximum atomic E-state index is 11.7. The molecule has 0 unspecified atom stereocenters. The summed E-state index contributed by atoms with van der Waals surface area (Å²) in [6, 6.07) is 4.20. The molecule has 4 heterocycles. The van der Waals surface area contributed by atoms with Gasteiger partial charge in [0.15, 0.2) is 5.69 Å². The van der Waals surface area contributed by atoms with Gasteiger partial charge in [0.05, 0.1) is 12.3 Å². The van der Waals surface area contributed by atoms with Crippen LogP contribution in [0, 0.1) is 32.6 Å². The van der Waals surface area contributed by atoms with Gasteiger partial charge in [0.1, 0.15) is 11.4 Å². The van der Waals surface area contributed by atoms with Crippen LogP contribution in [0.15, 0.2) is 29.0 Å². The Hall–Kier alpha value is -3.68. The topological polar surface area (TPSA) is 103 Å². The first-order chi connectivity index (χ1) is 17.4. The smallest absolute Gasteiger partial charge is 0.354 e. The van der Waals surface area contributed by atoms with Gasteiger partial charge >= 0.3 is 5.97 Å². The van der Waals surface area contributed by atoms with E-state index in [1.54, 1.807) is 6.07 Å². The van der Waals surface area contributed by atoms with Crippen molar-refractivity contribution >= 4 is 17.0 Å². The SMILES string of the molecule is CCOc1nc(C(=O)O)cc(C)c1-c1cn(C(C2CC2)C2CC2)c2ncc(-c3c(C)noc3C)cc12. The maximum absolute atomic E-state index is 11.7. The molecule has 0 saturated heterocycles. The van der Waals surface area contributed by atoms with E-state index in [0.717, 1.165) is 50.3 Å². The van der Waals surface area contributed by atoms with Crippen molar-refractivity contribution in [2.75, 3.05) is 6.61 Å². The number of ether oxygens (including phenoxy) is 1. The molecule has 0 radical (unpaired) electrons. The van der Waals surface area contributed by atoms with Crippen molar-refractivity contribution in [2.45, 2.75) is 59.4 Å². The molecule has 8 nitrogen and oxygen atoms in total. The number of hydrogen-bond donors (Lipinski definition) is 1. The van der Waals surface area contributed by atoms with Gasteiger partial charge in [0, 0.05) is 46.1 Å². The number of aromatic carboxylic acids is 1. The van der Waals surface area contributed by atoms with Crippen LogP contribution < -0.4 is 4.74 Å². The van der Waals surface area contributed by atoms with E-state index in [1.165, 1.54) is 25.7 Å². The van der Waals surface area contributed by atoms with Crippen LogP contribution in [0.5, 0.6) is 5.88 Å². The van der Waals surface area contributed by atoms with Gasteiger partial charge in [0.25, 0.3) is 0 Å². The second-order valence-corrected chi connectivity index (χ2v) is 10.2. The summed E-state index contributed by atoms with van der Waals surface area (Å²) in [5.41, 5.74) is 6.21. The highest BCUT2D eigenvalue weighted by Gasteiger charge is 2.43. The van der Waals surface area contributed by atoms with E-state index in [1.807, 2.05) is 33.9 Å². The molecule has 186 valence electrons. The number of fused-ring (bicyclic) bond motifs is 1. The quantitative estimate of drug-likeness (QED) is 0.319. The molecule has 2 saturated carbocycles. The monoisotopic (exact) mass is 486 g/mol. The van der Waals surface area contributed by atoms with Gasteiger partial charge in [0.2, 0.25) is 5.88 Å². The van der Waals surface area contributed by atoms with Crippen LogP contribution in [0.4, 0.5) is 0 Å². The zero-order chi connectivity index (χ0) is 25.1. The van der Waals surface area contributed by atoms with Crippen LogP contribution in [0.1, 0.15) is 66.2 Å². The lowest BCUT2D eigenvalue weighted by atomic mass is 9.99. The fourth-order valence-electron chi connectivity index (χ4n) is 5.63. The number of aromatic nitrogens is 4. The fourth-order valence-corrected chi connectivity index (χ4v) is 5.63. The predicted octanol–water partition coefficient (Wildman–Crippen LogP) is 6.14. The number of rotatable bonds is 8.